The van der Waals surface area contributed by atoms with Crippen LogP contribution in [0.2, 0.25) is 0 Å². The first kappa shape index (κ1) is 20.8. The van der Waals surface area contributed by atoms with Gasteiger partial charge in [0.15, 0.2) is 0 Å². The van der Waals surface area contributed by atoms with Gasteiger partial charge in [0.1, 0.15) is 26.0 Å². The number of nitrogens with zero attached hydrogens (tertiary/aromatic N) is 2. The quantitative estimate of drug-likeness (QED) is 0.368. The Hall–Kier alpha value is -2.49. The Labute approximate surface area is 187 Å². The highest BCUT2D eigenvalue weighted by atomic mass is 79.9. The highest BCUT2D eigenvalue weighted by Crippen LogP contribution is 2.33. The van der Waals surface area contributed by atoms with Crippen LogP contribution in [0.1, 0.15) is 12.5 Å². The van der Waals surface area contributed by atoms with E-state index in [1.165, 1.54) is 17.4 Å². The van der Waals surface area contributed by atoms with Crippen molar-refractivity contribution in [3.05, 3.63) is 64.8 Å². The summed E-state index contributed by atoms with van der Waals surface area (Å²) in [4.78, 5) is 9.89. The highest BCUT2D eigenvalue weighted by molar-refractivity contribution is 9.10. The van der Waals surface area contributed by atoms with Crippen LogP contribution in [0, 0.1) is 6.92 Å². The second-order valence-electron chi connectivity index (χ2n) is 6.51. The predicted octanol–water partition coefficient (Wildman–Crippen LogP) is 5.63. The molecule has 154 valence electrons. The van der Waals surface area contributed by atoms with Gasteiger partial charge in [0.25, 0.3) is 10.0 Å². The first-order valence-electron chi connectivity index (χ1n) is 9.15. The molecule has 0 spiro atoms. The number of halogens is 1. The standard InChI is InChI=1S/C21H18BrN3O3S2/c1-3-28-18-9-7-15(22)12-19(18)30(26,27)25-16-8-6-14(11-13(16)2)20-24-17-5-4-10-23-21(17)29-20/h4-12,25H,3H2,1-2H3. The molecule has 4 rings (SSSR count). The van der Waals surface area contributed by atoms with E-state index in [9.17, 15) is 8.42 Å². The third kappa shape index (κ3) is 4.19. The molecule has 6 nitrogen and oxygen atoms in total. The van der Waals surface area contributed by atoms with E-state index >= 15 is 0 Å². The van der Waals surface area contributed by atoms with Crippen molar-refractivity contribution in [2.75, 3.05) is 11.3 Å². The fourth-order valence-electron chi connectivity index (χ4n) is 2.97. The SMILES string of the molecule is CCOc1ccc(Br)cc1S(=O)(=O)Nc1ccc(-c2nc3cccnc3s2)cc1C. The number of anilines is 1. The molecule has 30 heavy (non-hydrogen) atoms. The van der Waals surface area contributed by atoms with Crippen molar-refractivity contribution in [2.45, 2.75) is 18.7 Å². The van der Waals surface area contributed by atoms with Crippen LogP contribution in [0.25, 0.3) is 20.9 Å². The molecule has 9 heteroatoms. The van der Waals surface area contributed by atoms with E-state index < -0.39 is 10.0 Å². The summed E-state index contributed by atoms with van der Waals surface area (Å²) >= 11 is 4.83. The smallest absolute Gasteiger partial charge is 0.265 e. The molecule has 0 fully saturated rings. The zero-order valence-electron chi connectivity index (χ0n) is 16.2. The number of rotatable bonds is 6. The summed E-state index contributed by atoms with van der Waals surface area (Å²) < 4.78 is 34.9. The molecule has 0 atom stereocenters. The fraction of sp³-hybridized carbons (Fsp3) is 0.143. The van der Waals surface area contributed by atoms with Crippen molar-refractivity contribution < 1.29 is 13.2 Å². The van der Waals surface area contributed by atoms with Gasteiger partial charge in [-0.2, -0.15) is 0 Å². The molecular formula is C21H18BrN3O3S2. The third-order valence-corrected chi connectivity index (χ3v) is 7.29. The molecular weight excluding hydrogens is 486 g/mol. The molecule has 0 radical (unpaired) electrons. The number of hydrogen-bond donors (Lipinski definition) is 1. The molecule has 0 bridgehead atoms. The number of aryl methyl sites for hydroxylation is 1. The monoisotopic (exact) mass is 503 g/mol. The average molecular weight is 504 g/mol. The molecule has 0 saturated carbocycles. The maximum absolute atomic E-state index is 13.0. The molecule has 0 aliphatic heterocycles. The minimum atomic E-state index is -3.84. The zero-order valence-corrected chi connectivity index (χ0v) is 19.4. The number of pyridine rings is 1. The Bertz CT molecular complexity index is 1300. The summed E-state index contributed by atoms with van der Waals surface area (Å²) in [6, 6.07) is 14.2. The largest absolute Gasteiger partial charge is 0.492 e. The van der Waals surface area contributed by atoms with Gasteiger partial charge in [-0.15, -0.1) is 0 Å². The van der Waals surface area contributed by atoms with Crippen LogP contribution in [0.5, 0.6) is 5.75 Å². The number of fused-ring (bicyclic) bond motifs is 1. The van der Waals surface area contributed by atoms with E-state index in [1.54, 1.807) is 24.4 Å². The number of ether oxygens (including phenoxy) is 1. The van der Waals surface area contributed by atoms with Gasteiger partial charge in [-0.3, -0.25) is 4.72 Å². The van der Waals surface area contributed by atoms with Gasteiger partial charge >= 0.3 is 0 Å². The van der Waals surface area contributed by atoms with E-state index in [2.05, 4.69) is 30.6 Å². The molecule has 2 aromatic carbocycles. The van der Waals surface area contributed by atoms with E-state index in [0.717, 1.165) is 26.5 Å². The minimum absolute atomic E-state index is 0.0828. The van der Waals surface area contributed by atoms with E-state index in [0.29, 0.717) is 22.5 Å². The molecule has 0 saturated heterocycles. The van der Waals surface area contributed by atoms with Crippen LogP contribution in [0.15, 0.2) is 64.1 Å². The summed E-state index contributed by atoms with van der Waals surface area (Å²) in [6.45, 7) is 4.04. The lowest BCUT2D eigenvalue weighted by Crippen LogP contribution is -2.15. The summed E-state index contributed by atoms with van der Waals surface area (Å²) in [5.41, 5.74) is 3.05. The lowest BCUT2D eigenvalue weighted by Gasteiger charge is -2.14. The molecule has 2 heterocycles. The van der Waals surface area contributed by atoms with Crippen molar-refractivity contribution in [3.63, 3.8) is 0 Å². The first-order chi connectivity index (χ1) is 14.4. The van der Waals surface area contributed by atoms with Crippen molar-refractivity contribution >= 4 is 53.3 Å². The number of sulfonamides is 1. The molecule has 0 aliphatic carbocycles. The third-order valence-electron chi connectivity index (χ3n) is 4.38. The van der Waals surface area contributed by atoms with Crippen LogP contribution >= 0.6 is 27.3 Å². The first-order valence-corrected chi connectivity index (χ1v) is 12.2. The number of hydrogen-bond acceptors (Lipinski definition) is 6. The summed E-state index contributed by atoms with van der Waals surface area (Å²) in [5, 5.41) is 0.840. The molecule has 0 amide bonds. The number of nitrogens with one attached hydrogen (secondary N) is 1. The fourth-order valence-corrected chi connectivity index (χ4v) is 5.69. The highest BCUT2D eigenvalue weighted by Gasteiger charge is 2.21. The topological polar surface area (TPSA) is 81.2 Å². The minimum Gasteiger partial charge on any atom is -0.492 e. The Balaban J connectivity index is 1.66. The van der Waals surface area contributed by atoms with Crippen LogP contribution in [0.3, 0.4) is 0 Å². The van der Waals surface area contributed by atoms with Gasteiger partial charge in [0, 0.05) is 16.2 Å². The number of aromatic nitrogens is 2. The predicted molar refractivity (Wildman–Crippen MR) is 124 cm³/mol. The average Bonchev–Trinajstić information content (AvgIpc) is 3.15. The Morgan fingerprint density at radius 2 is 2.00 bits per heavy atom. The van der Waals surface area contributed by atoms with E-state index in [1.807, 2.05) is 38.1 Å². The number of benzene rings is 2. The number of thiazole rings is 1. The summed E-state index contributed by atoms with van der Waals surface area (Å²) in [6.07, 6.45) is 1.74. The van der Waals surface area contributed by atoms with Crippen LogP contribution in [0.4, 0.5) is 5.69 Å². The van der Waals surface area contributed by atoms with Gasteiger partial charge in [-0.05, 0) is 67.9 Å². The second kappa shape index (κ2) is 8.33. The van der Waals surface area contributed by atoms with Crippen molar-refractivity contribution in [2.24, 2.45) is 0 Å². The van der Waals surface area contributed by atoms with Gasteiger partial charge in [0.2, 0.25) is 0 Å². The Kier molecular flexibility index (Phi) is 5.77. The maximum atomic E-state index is 13.0. The lowest BCUT2D eigenvalue weighted by atomic mass is 10.1. The summed E-state index contributed by atoms with van der Waals surface area (Å²) in [7, 11) is -3.84. The maximum Gasteiger partial charge on any atom is 0.265 e. The Morgan fingerprint density at radius 1 is 1.17 bits per heavy atom. The van der Waals surface area contributed by atoms with Crippen LogP contribution < -0.4 is 9.46 Å². The lowest BCUT2D eigenvalue weighted by molar-refractivity contribution is 0.331. The molecule has 0 aliphatic rings. The van der Waals surface area contributed by atoms with Gasteiger partial charge in [0.05, 0.1) is 12.3 Å². The van der Waals surface area contributed by atoms with Crippen LogP contribution in [-0.4, -0.2) is 25.0 Å². The van der Waals surface area contributed by atoms with Crippen molar-refractivity contribution in [1.29, 1.82) is 0 Å². The van der Waals surface area contributed by atoms with Gasteiger partial charge in [-0.25, -0.2) is 18.4 Å². The normalized spacial score (nSPS) is 11.6. The molecule has 0 unspecified atom stereocenters. The molecule has 4 aromatic rings. The van der Waals surface area contributed by atoms with Crippen molar-refractivity contribution in [1.82, 2.24) is 9.97 Å². The van der Waals surface area contributed by atoms with Crippen molar-refractivity contribution in [3.8, 4) is 16.3 Å². The molecule has 1 N–H and O–H groups in total. The van der Waals surface area contributed by atoms with Crippen LogP contribution in [-0.2, 0) is 10.0 Å². The van der Waals surface area contributed by atoms with E-state index in [-0.39, 0.29) is 4.90 Å². The zero-order chi connectivity index (χ0) is 21.3. The Morgan fingerprint density at radius 3 is 2.73 bits per heavy atom. The summed E-state index contributed by atoms with van der Waals surface area (Å²) in [5.74, 6) is 0.310. The van der Waals surface area contributed by atoms with E-state index in [4.69, 9.17) is 4.74 Å². The van der Waals surface area contributed by atoms with Gasteiger partial charge in [-0.1, -0.05) is 27.3 Å². The van der Waals surface area contributed by atoms with Gasteiger partial charge < -0.3 is 4.74 Å². The second-order valence-corrected chi connectivity index (χ2v) is 10.0. The molecule has 2 aromatic heterocycles.